The van der Waals surface area contributed by atoms with Crippen LogP contribution in [0, 0.1) is 0 Å². The van der Waals surface area contributed by atoms with Crippen molar-refractivity contribution in [3.05, 3.63) is 47.8 Å². The summed E-state index contributed by atoms with van der Waals surface area (Å²) < 4.78 is 0. The molecule has 0 saturated heterocycles. The Labute approximate surface area is 149 Å². The topological polar surface area (TPSA) is 70.2 Å². The minimum absolute atomic E-state index is 0.181. The van der Waals surface area contributed by atoms with Gasteiger partial charge in [0.1, 0.15) is 5.69 Å². The monoisotopic (exact) mass is 341 g/mol. The van der Waals surface area contributed by atoms with Crippen LogP contribution in [-0.2, 0) is 0 Å². The third-order valence-corrected chi connectivity index (χ3v) is 3.79. The number of nitrogens with one attached hydrogen (secondary N) is 2. The highest BCUT2D eigenvalue weighted by molar-refractivity contribution is 5.92. The van der Waals surface area contributed by atoms with Gasteiger partial charge < -0.3 is 15.5 Å². The van der Waals surface area contributed by atoms with Gasteiger partial charge in [-0.1, -0.05) is 26.0 Å². The summed E-state index contributed by atoms with van der Waals surface area (Å²) in [5.74, 6) is 0.724. The Morgan fingerprint density at radius 3 is 2.52 bits per heavy atom. The standard InChI is InChI=1S/C19H27N5O/c1-14(2)15-6-8-16(9-7-15)22-19-21-12-10-17(23-19)18(25)20-11-5-13-24(3)4/h6-10,12,14H,5,11,13H2,1-4H3,(H,20,25)(H,21,22,23). The van der Waals surface area contributed by atoms with Crippen LogP contribution in [0.15, 0.2) is 36.5 Å². The molecule has 134 valence electrons. The number of hydrogen-bond acceptors (Lipinski definition) is 5. The Bertz CT molecular complexity index is 682. The van der Waals surface area contributed by atoms with Crippen LogP contribution in [0.25, 0.3) is 0 Å². The van der Waals surface area contributed by atoms with Gasteiger partial charge in [-0.05, 0) is 56.7 Å². The van der Waals surface area contributed by atoms with Gasteiger partial charge >= 0.3 is 0 Å². The van der Waals surface area contributed by atoms with Crippen LogP contribution in [0.5, 0.6) is 0 Å². The van der Waals surface area contributed by atoms with Gasteiger partial charge in [-0.3, -0.25) is 4.79 Å². The molecule has 1 aromatic heterocycles. The van der Waals surface area contributed by atoms with Gasteiger partial charge in [0.15, 0.2) is 0 Å². The Morgan fingerprint density at radius 1 is 1.16 bits per heavy atom. The Balaban J connectivity index is 1.94. The molecular formula is C19H27N5O. The average Bonchev–Trinajstić information content (AvgIpc) is 2.59. The Kier molecular flexibility index (Phi) is 6.89. The van der Waals surface area contributed by atoms with Crippen LogP contribution < -0.4 is 10.6 Å². The number of aromatic nitrogens is 2. The van der Waals surface area contributed by atoms with E-state index in [1.54, 1.807) is 12.3 Å². The van der Waals surface area contributed by atoms with E-state index in [4.69, 9.17) is 0 Å². The molecule has 0 aliphatic heterocycles. The van der Waals surface area contributed by atoms with Crippen LogP contribution in [0.3, 0.4) is 0 Å². The van der Waals surface area contributed by atoms with Crippen LogP contribution in [0.2, 0.25) is 0 Å². The lowest BCUT2D eigenvalue weighted by molar-refractivity contribution is 0.0947. The highest BCUT2D eigenvalue weighted by Crippen LogP contribution is 2.19. The molecule has 0 radical (unpaired) electrons. The van der Waals surface area contributed by atoms with Gasteiger partial charge in [0, 0.05) is 18.4 Å². The second-order valence-electron chi connectivity index (χ2n) is 6.58. The third-order valence-electron chi connectivity index (χ3n) is 3.79. The molecule has 0 atom stereocenters. The van der Waals surface area contributed by atoms with Gasteiger partial charge in [0.25, 0.3) is 5.91 Å². The minimum atomic E-state index is -0.181. The number of anilines is 2. The summed E-state index contributed by atoms with van der Waals surface area (Å²) in [4.78, 5) is 22.7. The normalized spacial score (nSPS) is 11.0. The van der Waals surface area contributed by atoms with Crippen molar-refractivity contribution in [2.24, 2.45) is 0 Å². The van der Waals surface area contributed by atoms with Crippen molar-refractivity contribution < 1.29 is 4.79 Å². The molecule has 2 aromatic rings. The number of amides is 1. The molecule has 0 bridgehead atoms. The summed E-state index contributed by atoms with van der Waals surface area (Å²) >= 11 is 0. The molecule has 0 aliphatic carbocycles. The molecule has 6 heteroatoms. The lowest BCUT2D eigenvalue weighted by Crippen LogP contribution is -2.28. The van der Waals surface area contributed by atoms with Crippen LogP contribution in [0.1, 0.15) is 42.2 Å². The molecule has 1 amide bonds. The molecule has 0 spiro atoms. The second kappa shape index (κ2) is 9.13. The Hall–Kier alpha value is -2.47. The fraction of sp³-hybridized carbons (Fsp3) is 0.421. The van der Waals surface area contributed by atoms with E-state index in [-0.39, 0.29) is 5.91 Å². The smallest absolute Gasteiger partial charge is 0.270 e. The number of benzene rings is 1. The van der Waals surface area contributed by atoms with E-state index in [1.165, 1.54) is 5.56 Å². The first-order valence-corrected chi connectivity index (χ1v) is 8.58. The van der Waals surface area contributed by atoms with E-state index in [0.717, 1.165) is 18.7 Å². The summed E-state index contributed by atoms with van der Waals surface area (Å²) in [5.41, 5.74) is 2.53. The quantitative estimate of drug-likeness (QED) is 0.722. The minimum Gasteiger partial charge on any atom is -0.351 e. The van der Waals surface area contributed by atoms with Crippen LogP contribution in [-0.4, -0.2) is 48.0 Å². The zero-order valence-corrected chi connectivity index (χ0v) is 15.4. The summed E-state index contributed by atoms with van der Waals surface area (Å²) in [7, 11) is 4.02. The third kappa shape index (κ3) is 6.15. The average molecular weight is 341 g/mol. The van der Waals surface area contributed by atoms with Crippen molar-refractivity contribution in [2.45, 2.75) is 26.2 Å². The maximum atomic E-state index is 12.2. The first kappa shape index (κ1) is 18.9. The van der Waals surface area contributed by atoms with Crippen molar-refractivity contribution in [2.75, 3.05) is 32.5 Å². The number of rotatable bonds is 8. The van der Waals surface area contributed by atoms with Crippen molar-refractivity contribution >= 4 is 17.5 Å². The van der Waals surface area contributed by atoms with E-state index >= 15 is 0 Å². The highest BCUT2D eigenvalue weighted by Gasteiger charge is 2.08. The van der Waals surface area contributed by atoms with Gasteiger partial charge in [-0.2, -0.15) is 0 Å². The van der Waals surface area contributed by atoms with E-state index < -0.39 is 0 Å². The maximum Gasteiger partial charge on any atom is 0.270 e. The van der Waals surface area contributed by atoms with Crippen LogP contribution >= 0.6 is 0 Å². The molecule has 2 rings (SSSR count). The molecule has 0 aliphatic rings. The molecule has 1 aromatic carbocycles. The van der Waals surface area contributed by atoms with E-state index in [2.05, 4.69) is 51.5 Å². The summed E-state index contributed by atoms with van der Waals surface area (Å²) in [6.45, 7) is 5.88. The second-order valence-corrected chi connectivity index (χ2v) is 6.58. The van der Waals surface area contributed by atoms with E-state index in [1.807, 2.05) is 26.2 Å². The predicted octanol–water partition coefficient (Wildman–Crippen LogP) is 3.03. The molecule has 2 N–H and O–H groups in total. The van der Waals surface area contributed by atoms with Crippen molar-refractivity contribution in [1.29, 1.82) is 0 Å². The molecule has 1 heterocycles. The number of hydrogen-bond donors (Lipinski definition) is 2. The van der Waals surface area contributed by atoms with E-state index in [9.17, 15) is 4.79 Å². The number of nitrogens with zero attached hydrogens (tertiary/aromatic N) is 3. The Morgan fingerprint density at radius 2 is 1.88 bits per heavy atom. The predicted molar refractivity (Wildman–Crippen MR) is 101 cm³/mol. The molecule has 0 unspecified atom stereocenters. The summed E-state index contributed by atoms with van der Waals surface area (Å²) in [5, 5.41) is 6.02. The fourth-order valence-electron chi connectivity index (χ4n) is 2.31. The summed E-state index contributed by atoms with van der Waals surface area (Å²) in [6, 6.07) is 9.76. The lowest BCUT2D eigenvalue weighted by atomic mass is 10.0. The van der Waals surface area contributed by atoms with Crippen molar-refractivity contribution in [3.8, 4) is 0 Å². The summed E-state index contributed by atoms with van der Waals surface area (Å²) in [6.07, 6.45) is 2.49. The van der Waals surface area contributed by atoms with Crippen molar-refractivity contribution in [3.63, 3.8) is 0 Å². The van der Waals surface area contributed by atoms with E-state index in [0.29, 0.717) is 24.1 Å². The molecular weight excluding hydrogens is 314 g/mol. The van der Waals surface area contributed by atoms with Crippen LogP contribution in [0.4, 0.5) is 11.6 Å². The molecule has 25 heavy (non-hydrogen) atoms. The highest BCUT2D eigenvalue weighted by atomic mass is 16.1. The first-order chi connectivity index (χ1) is 12.0. The number of carbonyl (C=O) groups is 1. The molecule has 6 nitrogen and oxygen atoms in total. The zero-order valence-electron chi connectivity index (χ0n) is 15.4. The first-order valence-electron chi connectivity index (χ1n) is 8.58. The van der Waals surface area contributed by atoms with Gasteiger partial charge in [-0.25, -0.2) is 9.97 Å². The number of carbonyl (C=O) groups excluding carboxylic acids is 1. The molecule has 0 fully saturated rings. The lowest BCUT2D eigenvalue weighted by Gasteiger charge is -2.10. The SMILES string of the molecule is CC(C)c1ccc(Nc2nccc(C(=O)NCCCN(C)C)n2)cc1. The van der Waals surface area contributed by atoms with Crippen molar-refractivity contribution in [1.82, 2.24) is 20.2 Å². The van der Waals surface area contributed by atoms with Gasteiger partial charge in [-0.15, -0.1) is 0 Å². The fourth-order valence-corrected chi connectivity index (χ4v) is 2.31. The molecule has 0 saturated carbocycles. The largest absolute Gasteiger partial charge is 0.351 e. The maximum absolute atomic E-state index is 12.2. The zero-order chi connectivity index (χ0) is 18.2. The van der Waals surface area contributed by atoms with Gasteiger partial charge in [0.2, 0.25) is 5.95 Å². The van der Waals surface area contributed by atoms with Gasteiger partial charge in [0.05, 0.1) is 0 Å².